The first-order valence-electron chi connectivity index (χ1n) is 13.5. The van der Waals surface area contributed by atoms with Gasteiger partial charge < -0.3 is 14.7 Å². The van der Waals surface area contributed by atoms with Crippen molar-refractivity contribution in [1.29, 1.82) is 0 Å². The van der Waals surface area contributed by atoms with Crippen molar-refractivity contribution in [2.24, 2.45) is 5.92 Å². The molecule has 1 aromatic heterocycles. The van der Waals surface area contributed by atoms with Crippen LogP contribution in [0.15, 0.2) is 59.1 Å². The average Bonchev–Trinajstić information content (AvgIpc) is 3.40. The van der Waals surface area contributed by atoms with Gasteiger partial charge in [0.05, 0.1) is 5.41 Å². The Morgan fingerprint density at radius 1 is 1.00 bits per heavy atom. The van der Waals surface area contributed by atoms with Gasteiger partial charge in [-0.15, -0.1) is 0 Å². The summed E-state index contributed by atoms with van der Waals surface area (Å²) in [6.45, 7) is 4.97. The molecule has 37 heavy (non-hydrogen) atoms. The third kappa shape index (κ3) is 5.31. The summed E-state index contributed by atoms with van der Waals surface area (Å²) in [7, 11) is 0. The molecule has 1 saturated carbocycles. The third-order valence-electron chi connectivity index (χ3n) is 8.30. The van der Waals surface area contributed by atoms with Crippen LogP contribution in [0.25, 0.3) is 11.4 Å². The highest BCUT2D eigenvalue weighted by Gasteiger charge is 2.44. The Bertz CT molecular complexity index is 1210. The quantitative estimate of drug-likeness (QED) is 0.496. The Morgan fingerprint density at radius 2 is 1.68 bits per heavy atom. The molecule has 194 valence electrons. The Hall–Kier alpha value is -3.48. The minimum atomic E-state index is -0.624. The Kier molecular flexibility index (Phi) is 7.40. The Labute approximate surface area is 218 Å². The Balaban J connectivity index is 1.29. The number of piperidine rings is 1. The monoisotopic (exact) mass is 500 g/mol. The van der Waals surface area contributed by atoms with E-state index in [1.165, 1.54) is 32.1 Å². The molecule has 5 rings (SSSR count). The van der Waals surface area contributed by atoms with Gasteiger partial charge in [-0.05, 0) is 56.2 Å². The molecule has 7 heteroatoms. The lowest BCUT2D eigenvalue weighted by Gasteiger charge is -2.42. The fourth-order valence-electron chi connectivity index (χ4n) is 5.95. The number of nitrogens with one attached hydrogen (secondary N) is 1. The van der Waals surface area contributed by atoms with Crippen molar-refractivity contribution in [2.45, 2.75) is 70.3 Å². The molecular weight excluding hydrogens is 464 g/mol. The predicted octanol–water partition coefficient (Wildman–Crippen LogP) is 5.30. The predicted molar refractivity (Wildman–Crippen MR) is 142 cm³/mol. The molecule has 1 atom stereocenters. The lowest BCUT2D eigenvalue weighted by atomic mass is 9.71. The molecule has 2 heterocycles. The largest absolute Gasteiger partial charge is 0.353 e. The van der Waals surface area contributed by atoms with E-state index in [0.717, 1.165) is 11.1 Å². The van der Waals surface area contributed by atoms with Crippen LogP contribution in [0, 0.1) is 12.8 Å². The first kappa shape index (κ1) is 25.2. The first-order valence-corrected chi connectivity index (χ1v) is 13.5. The molecule has 2 amide bonds. The molecule has 0 unspecified atom stereocenters. The summed E-state index contributed by atoms with van der Waals surface area (Å²) >= 11 is 0. The van der Waals surface area contributed by atoms with Gasteiger partial charge in [0.25, 0.3) is 5.91 Å². The number of hydrogen-bond acceptors (Lipinski definition) is 5. The lowest BCUT2D eigenvalue weighted by molar-refractivity contribution is -0.129. The van der Waals surface area contributed by atoms with E-state index in [-0.39, 0.29) is 17.9 Å². The minimum Gasteiger partial charge on any atom is -0.353 e. The molecule has 1 N–H and O–H groups in total. The molecule has 7 nitrogen and oxygen atoms in total. The number of likely N-dealkylation sites (tertiary alicyclic amines) is 1. The van der Waals surface area contributed by atoms with Gasteiger partial charge >= 0.3 is 0 Å². The van der Waals surface area contributed by atoms with Gasteiger partial charge in [-0.1, -0.05) is 66.9 Å². The number of rotatable bonds is 6. The summed E-state index contributed by atoms with van der Waals surface area (Å²) in [6, 6.07) is 17.6. The van der Waals surface area contributed by atoms with Crippen LogP contribution in [0.5, 0.6) is 0 Å². The van der Waals surface area contributed by atoms with Gasteiger partial charge in [-0.25, -0.2) is 0 Å². The van der Waals surface area contributed by atoms with E-state index in [1.54, 1.807) is 19.1 Å². The number of nitrogens with zero attached hydrogens (tertiary/aromatic N) is 3. The number of benzene rings is 2. The van der Waals surface area contributed by atoms with Crippen molar-refractivity contribution in [3.8, 4) is 11.4 Å². The first-order chi connectivity index (χ1) is 18.0. The fourth-order valence-corrected chi connectivity index (χ4v) is 5.95. The molecular formula is C30H36N4O3. The zero-order valence-electron chi connectivity index (χ0n) is 21.8. The van der Waals surface area contributed by atoms with E-state index in [9.17, 15) is 9.59 Å². The third-order valence-corrected chi connectivity index (χ3v) is 8.30. The minimum absolute atomic E-state index is 0.0199. The zero-order chi connectivity index (χ0) is 25.8. The second-order valence-corrected chi connectivity index (χ2v) is 10.6. The maximum Gasteiger partial charge on any atom is 0.253 e. The van der Waals surface area contributed by atoms with E-state index in [0.29, 0.717) is 49.1 Å². The highest BCUT2D eigenvalue weighted by molar-refractivity contribution is 5.95. The lowest BCUT2D eigenvalue weighted by Crippen LogP contribution is -2.55. The van der Waals surface area contributed by atoms with Crippen LogP contribution in [0.1, 0.15) is 73.7 Å². The van der Waals surface area contributed by atoms with Crippen molar-refractivity contribution in [3.05, 3.63) is 71.6 Å². The van der Waals surface area contributed by atoms with E-state index >= 15 is 0 Å². The summed E-state index contributed by atoms with van der Waals surface area (Å²) in [5.41, 5.74) is 1.84. The zero-order valence-corrected chi connectivity index (χ0v) is 21.8. The number of carbonyl (C=O) groups excluding carboxylic acids is 2. The molecule has 1 aliphatic heterocycles. The van der Waals surface area contributed by atoms with E-state index in [4.69, 9.17) is 4.52 Å². The van der Waals surface area contributed by atoms with Crippen molar-refractivity contribution < 1.29 is 14.1 Å². The van der Waals surface area contributed by atoms with Crippen LogP contribution in [0.3, 0.4) is 0 Å². The molecule has 3 aromatic rings. The maximum absolute atomic E-state index is 13.9. The smallest absolute Gasteiger partial charge is 0.253 e. The van der Waals surface area contributed by atoms with Gasteiger partial charge in [-0.3, -0.25) is 9.59 Å². The van der Waals surface area contributed by atoms with Gasteiger partial charge in [0.1, 0.15) is 0 Å². The van der Waals surface area contributed by atoms with Crippen molar-refractivity contribution in [3.63, 3.8) is 0 Å². The van der Waals surface area contributed by atoms with Gasteiger partial charge in [0, 0.05) is 37.2 Å². The number of aromatic nitrogens is 2. The van der Waals surface area contributed by atoms with E-state index < -0.39 is 5.41 Å². The number of carbonyl (C=O) groups is 2. The summed E-state index contributed by atoms with van der Waals surface area (Å²) in [6.07, 6.45) is 7.39. The molecule has 2 fully saturated rings. The summed E-state index contributed by atoms with van der Waals surface area (Å²) in [4.78, 5) is 33.3. The van der Waals surface area contributed by atoms with Crippen LogP contribution >= 0.6 is 0 Å². The van der Waals surface area contributed by atoms with Crippen molar-refractivity contribution in [2.75, 3.05) is 13.1 Å². The molecule has 0 bridgehead atoms. The fraction of sp³-hybridized carbons (Fsp3) is 0.467. The summed E-state index contributed by atoms with van der Waals surface area (Å²) in [5, 5.41) is 7.34. The van der Waals surface area contributed by atoms with Crippen LogP contribution in [0.2, 0.25) is 0 Å². The molecule has 0 spiro atoms. The Morgan fingerprint density at radius 3 is 2.30 bits per heavy atom. The SMILES string of the molecule is Cc1nc(-c2ccc(C(=O)N3CCC(C(=O)N[C@@H](C)C4CCCCC4)(c4ccccc4)CC3)cc2)no1. The normalized spacial score (nSPS) is 18.8. The van der Waals surface area contributed by atoms with Crippen molar-refractivity contribution in [1.82, 2.24) is 20.4 Å². The van der Waals surface area contributed by atoms with Crippen molar-refractivity contribution >= 4 is 11.8 Å². The van der Waals surface area contributed by atoms with E-state index in [1.807, 2.05) is 35.2 Å². The highest BCUT2D eigenvalue weighted by Crippen LogP contribution is 2.37. The molecule has 2 aliphatic rings. The topological polar surface area (TPSA) is 88.3 Å². The molecule has 0 radical (unpaired) electrons. The highest BCUT2D eigenvalue weighted by atomic mass is 16.5. The molecule has 2 aromatic carbocycles. The van der Waals surface area contributed by atoms with Crippen LogP contribution in [-0.2, 0) is 10.2 Å². The number of aryl methyl sites for hydroxylation is 1. The van der Waals surface area contributed by atoms with Crippen LogP contribution < -0.4 is 5.32 Å². The number of hydrogen-bond donors (Lipinski definition) is 1. The van der Waals surface area contributed by atoms with E-state index in [2.05, 4.69) is 34.5 Å². The standard InChI is InChI=1S/C30H36N4O3/c1-21(23-9-5-3-6-10-23)31-29(36)30(26-11-7-4-8-12-26)17-19-34(20-18-30)28(35)25-15-13-24(14-16-25)27-32-22(2)37-33-27/h4,7-8,11-16,21,23H,3,5-6,9-10,17-20H2,1-2H3,(H,31,36)/t21-/m0/s1. The summed E-state index contributed by atoms with van der Waals surface area (Å²) in [5.74, 6) is 1.64. The van der Waals surface area contributed by atoms with Crippen LogP contribution in [-0.4, -0.2) is 46.0 Å². The second-order valence-electron chi connectivity index (χ2n) is 10.6. The second kappa shape index (κ2) is 10.9. The molecule has 1 aliphatic carbocycles. The van der Waals surface area contributed by atoms with Gasteiger partial charge in [-0.2, -0.15) is 4.98 Å². The maximum atomic E-state index is 13.9. The summed E-state index contributed by atoms with van der Waals surface area (Å²) < 4.78 is 5.06. The number of amides is 2. The average molecular weight is 501 g/mol. The van der Waals surface area contributed by atoms with Crippen LogP contribution in [0.4, 0.5) is 0 Å². The van der Waals surface area contributed by atoms with Gasteiger partial charge in [0.2, 0.25) is 17.6 Å². The molecule has 1 saturated heterocycles. The van der Waals surface area contributed by atoms with Gasteiger partial charge in [0.15, 0.2) is 0 Å².